The first-order chi connectivity index (χ1) is 11.6. The van der Waals surface area contributed by atoms with Crippen LogP contribution in [-0.4, -0.2) is 6.04 Å². The minimum atomic E-state index is 0.0902. The van der Waals surface area contributed by atoms with E-state index in [1.165, 1.54) is 21.9 Å². The SMILES string of the molecule is CC(N)C(CC=Cc1ccc2ccccc2c1)c1ccc(Cl)cc1. The number of halogens is 1. The molecule has 0 radical (unpaired) electrons. The van der Waals surface area contributed by atoms with Crippen LogP contribution in [0.5, 0.6) is 0 Å². The van der Waals surface area contributed by atoms with E-state index in [1.807, 2.05) is 12.1 Å². The molecule has 122 valence electrons. The summed E-state index contributed by atoms with van der Waals surface area (Å²) in [6, 6.07) is 23.0. The molecular formula is C22H22ClN. The van der Waals surface area contributed by atoms with Crippen molar-refractivity contribution < 1.29 is 0 Å². The van der Waals surface area contributed by atoms with Gasteiger partial charge in [0, 0.05) is 17.0 Å². The first kappa shape index (κ1) is 16.8. The average molecular weight is 336 g/mol. The van der Waals surface area contributed by atoms with Crippen LogP contribution in [-0.2, 0) is 0 Å². The zero-order valence-electron chi connectivity index (χ0n) is 13.8. The molecule has 2 N–H and O–H groups in total. The zero-order valence-corrected chi connectivity index (χ0v) is 14.6. The summed E-state index contributed by atoms with van der Waals surface area (Å²) in [5, 5.41) is 3.29. The second-order valence-corrected chi connectivity index (χ2v) is 6.70. The van der Waals surface area contributed by atoms with Gasteiger partial charge in [0.05, 0.1) is 0 Å². The molecule has 1 nitrogen and oxygen atoms in total. The second-order valence-electron chi connectivity index (χ2n) is 6.26. The summed E-state index contributed by atoms with van der Waals surface area (Å²) >= 11 is 5.98. The van der Waals surface area contributed by atoms with Gasteiger partial charge in [0.1, 0.15) is 0 Å². The molecule has 0 aliphatic rings. The molecule has 0 amide bonds. The van der Waals surface area contributed by atoms with Crippen LogP contribution < -0.4 is 5.73 Å². The Balaban J connectivity index is 1.75. The van der Waals surface area contributed by atoms with Crippen LogP contribution in [0.15, 0.2) is 72.8 Å². The van der Waals surface area contributed by atoms with E-state index in [1.54, 1.807) is 0 Å². The van der Waals surface area contributed by atoms with E-state index in [9.17, 15) is 0 Å². The zero-order chi connectivity index (χ0) is 16.9. The summed E-state index contributed by atoms with van der Waals surface area (Å²) in [7, 11) is 0. The van der Waals surface area contributed by atoms with Crippen molar-refractivity contribution in [1.82, 2.24) is 0 Å². The van der Waals surface area contributed by atoms with Crippen molar-refractivity contribution in [2.75, 3.05) is 0 Å². The van der Waals surface area contributed by atoms with Crippen molar-refractivity contribution in [3.05, 3.63) is 89.0 Å². The lowest BCUT2D eigenvalue weighted by atomic mass is 9.89. The molecule has 0 saturated heterocycles. The standard InChI is InChI=1S/C22H22ClN/c1-16(24)22(19-11-13-21(23)14-12-19)8-4-5-17-9-10-18-6-2-3-7-20(18)15-17/h2-7,9-16,22H,8,24H2,1H3. The van der Waals surface area contributed by atoms with Gasteiger partial charge in [-0.15, -0.1) is 0 Å². The first-order valence-electron chi connectivity index (χ1n) is 8.30. The fourth-order valence-electron chi connectivity index (χ4n) is 3.03. The van der Waals surface area contributed by atoms with Crippen molar-refractivity contribution in [2.24, 2.45) is 5.73 Å². The molecule has 0 fully saturated rings. The third-order valence-corrected chi connectivity index (χ3v) is 4.66. The van der Waals surface area contributed by atoms with Crippen molar-refractivity contribution >= 4 is 28.4 Å². The number of allylic oxidation sites excluding steroid dienone is 1. The van der Waals surface area contributed by atoms with Gasteiger partial charge in [0.25, 0.3) is 0 Å². The summed E-state index contributed by atoms with van der Waals surface area (Å²) in [5.41, 5.74) is 8.64. The van der Waals surface area contributed by atoms with Crippen molar-refractivity contribution in [3.63, 3.8) is 0 Å². The summed E-state index contributed by atoms with van der Waals surface area (Å²) in [6.07, 6.45) is 5.30. The van der Waals surface area contributed by atoms with Crippen molar-refractivity contribution in [2.45, 2.75) is 25.3 Å². The van der Waals surface area contributed by atoms with Gasteiger partial charge in [-0.1, -0.05) is 72.3 Å². The van der Waals surface area contributed by atoms with Gasteiger partial charge < -0.3 is 5.73 Å². The Labute approximate surface area is 148 Å². The number of fused-ring (bicyclic) bond motifs is 1. The summed E-state index contributed by atoms with van der Waals surface area (Å²) in [6.45, 7) is 2.06. The van der Waals surface area contributed by atoms with Gasteiger partial charge >= 0.3 is 0 Å². The predicted molar refractivity (Wildman–Crippen MR) is 105 cm³/mol. The molecule has 0 aliphatic carbocycles. The van der Waals surface area contributed by atoms with E-state index >= 15 is 0 Å². The Morgan fingerprint density at radius 2 is 1.67 bits per heavy atom. The topological polar surface area (TPSA) is 26.0 Å². The molecule has 0 saturated carbocycles. The van der Waals surface area contributed by atoms with Crippen molar-refractivity contribution in [3.8, 4) is 0 Å². The van der Waals surface area contributed by atoms with E-state index in [0.29, 0.717) is 5.92 Å². The molecule has 24 heavy (non-hydrogen) atoms. The molecule has 0 spiro atoms. The lowest BCUT2D eigenvalue weighted by molar-refractivity contribution is 0.575. The van der Waals surface area contributed by atoms with Gasteiger partial charge in [-0.2, -0.15) is 0 Å². The van der Waals surface area contributed by atoms with E-state index in [0.717, 1.165) is 11.4 Å². The van der Waals surface area contributed by atoms with Crippen LogP contribution in [0.25, 0.3) is 16.8 Å². The maximum atomic E-state index is 6.19. The fourth-order valence-corrected chi connectivity index (χ4v) is 3.15. The summed E-state index contributed by atoms with van der Waals surface area (Å²) in [5.74, 6) is 0.291. The monoisotopic (exact) mass is 335 g/mol. The van der Waals surface area contributed by atoms with Gasteiger partial charge in [0.15, 0.2) is 0 Å². The number of benzene rings is 3. The Morgan fingerprint density at radius 3 is 2.38 bits per heavy atom. The first-order valence-corrected chi connectivity index (χ1v) is 8.67. The van der Waals surface area contributed by atoms with E-state index in [4.69, 9.17) is 17.3 Å². The molecule has 3 aromatic rings. The van der Waals surface area contributed by atoms with Crippen LogP contribution in [0.1, 0.15) is 30.4 Å². The van der Waals surface area contributed by atoms with Crippen LogP contribution in [0.4, 0.5) is 0 Å². The normalized spacial score (nSPS) is 14.1. The lowest BCUT2D eigenvalue weighted by Crippen LogP contribution is -2.24. The number of hydrogen-bond donors (Lipinski definition) is 1. The van der Waals surface area contributed by atoms with E-state index in [-0.39, 0.29) is 6.04 Å². The average Bonchev–Trinajstić information content (AvgIpc) is 2.59. The molecule has 0 aliphatic heterocycles. The number of rotatable bonds is 5. The number of nitrogens with two attached hydrogens (primary N) is 1. The molecule has 2 heteroatoms. The van der Waals surface area contributed by atoms with Gasteiger partial charge in [-0.3, -0.25) is 0 Å². The largest absolute Gasteiger partial charge is 0.327 e. The summed E-state index contributed by atoms with van der Waals surface area (Å²) in [4.78, 5) is 0. The third kappa shape index (κ3) is 4.05. The predicted octanol–water partition coefficient (Wildman–Crippen LogP) is 6.03. The highest BCUT2D eigenvalue weighted by Gasteiger charge is 2.14. The van der Waals surface area contributed by atoms with Gasteiger partial charge in [-0.25, -0.2) is 0 Å². The van der Waals surface area contributed by atoms with Gasteiger partial charge in [0.2, 0.25) is 0 Å². The highest BCUT2D eigenvalue weighted by Crippen LogP contribution is 2.25. The van der Waals surface area contributed by atoms with Crippen LogP contribution >= 0.6 is 11.6 Å². The van der Waals surface area contributed by atoms with Crippen molar-refractivity contribution in [1.29, 1.82) is 0 Å². The Hall–Kier alpha value is -2.09. The molecule has 3 rings (SSSR count). The lowest BCUT2D eigenvalue weighted by Gasteiger charge is -2.19. The Morgan fingerprint density at radius 1 is 0.958 bits per heavy atom. The Kier molecular flexibility index (Phi) is 5.34. The molecule has 0 aromatic heterocycles. The number of hydrogen-bond acceptors (Lipinski definition) is 1. The van der Waals surface area contributed by atoms with Gasteiger partial charge in [-0.05, 0) is 53.4 Å². The highest BCUT2D eigenvalue weighted by atomic mass is 35.5. The fraction of sp³-hybridized carbons (Fsp3) is 0.182. The minimum Gasteiger partial charge on any atom is -0.327 e. The maximum Gasteiger partial charge on any atom is 0.0406 e. The van der Waals surface area contributed by atoms with Crippen LogP contribution in [0.2, 0.25) is 5.02 Å². The van der Waals surface area contributed by atoms with Crippen LogP contribution in [0.3, 0.4) is 0 Å². The molecule has 3 aromatic carbocycles. The smallest absolute Gasteiger partial charge is 0.0406 e. The van der Waals surface area contributed by atoms with E-state index in [2.05, 4.69) is 73.7 Å². The minimum absolute atomic E-state index is 0.0902. The third-order valence-electron chi connectivity index (χ3n) is 4.41. The van der Waals surface area contributed by atoms with Crippen LogP contribution in [0, 0.1) is 0 Å². The highest BCUT2D eigenvalue weighted by molar-refractivity contribution is 6.30. The quantitative estimate of drug-likeness (QED) is 0.605. The molecule has 2 unspecified atom stereocenters. The molecular weight excluding hydrogens is 314 g/mol. The molecule has 2 atom stereocenters. The molecule has 0 bridgehead atoms. The Bertz CT molecular complexity index is 834. The molecule has 0 heterocycles. The summed E-state index contributed by atoms with van der Waals surface area (Å²) < 4.78 is 0. The van der Waals surface area contributed by atoms with E-state index < -0.39 is 0 Å². The second kappa shape index (κ2) is 7.65. The maximum absolute atomic E-state index is 6.19.